The van der Waals surface area contributed by atoms with Gasteiger partial charge in [0.1, 0.15) is 11.5 Å². The van der Waals surface area contributed by atoms with Crippen LogP contribution in [0, 0.1) is 5.92 Å². The zero-order chi connectivity index (χ0) is 18.5. The van der Waals surface area contributed by atoms with E-state index in [1.165, 1.54) is 0 Å². The van der Waals surface area contributed by atoms with Crippen LogP contribution in [0.25, 0.3) is 0 Å². The molecule has 6 heteroatoms. The van der Waals surface area contributed by atoms with E-state index in [-0.39, 0.29) is 24.2 Å². The second kappa shape index (κ2) is 7.91. The van der Waals surface area contributed by atoms with Gasteiger partial charge in [-0.1, -0.05) is 18.2 Å². The summed E-state index contributed by atoms with van der Waals surface area (Å²) in [5.74, 6) is 0.937. The number of ether oxygens (including phenoxy) is 2. The predicted molar refractivity (Wildman–Crippen MR) is 98.3 cm³/mol. The quantitative estimate of drug-likeness (QED) is 0.865. The molecule has 1 fully saturated rings. The molecule has 1 atom stereocenters. The van der Waals surface area contributed by atoms with Gasteiger partial charge < -0.3 is 19.7 Å². The topological polar surface area (TPSA) is 67.9 Å². The van der Waals surface area contributed by atoms with Crippen molar-refractivity contribution < 1.29 is 19.1 Å². The lowest BCUT2D eigenvalue weighted by atomic mass is 10.1. The highest BCUT2D eigenvalue weighted by molar-refractivity contribution is 6.00. The standard InChI is InChI=1S/C20H22N2O4/c1-25-17-8-6-14(7-9-17)12-21-20(24)15-10-19(23)22(13-15)16-4-3-5-18(11-16)26-2/h3-9,11,15H,10,12-13H2,1-2H3,(H,21,24)/t15-/m1/s1. The largest absolute Gasteiger partial charge is 0.497 e. The van der Waals surface area contributed by atoms with Gasteiger partial charge in [-0.2, -0.15) is 0 Å². The molecule has 0 saturated carbocycles. The van der Waals surface area contributed by atoms with Crippen molar-refractivity contribution in [1.82, 2.24) is 5.32 Å². The minimum absolute atomic E-state index is 0.0529. The van der Waals surface area contributed by atoms with Crippen LogP contribution in [0.3, 0.4) is 0 Å². The number of nitrogens with zero attached hydrogens (tertiary/aromatic N) is 1. The molecule has 0 aromatic heterocycles. The van der Waals surface area contributed by atoms with Crippen LogP contribution in [0.1, 0.15) is 12.0 Å². The SMILES string of the molecule is COc1ccc(CNC(=O)[C@@H]2CC(=O)N(c3cccc(OC)c3)C2)cc1. The molecule has 1 heterocycles. The number of amides is 2. The van der Waals surface area contributed by atoms with E-state index in [1.54, 1.807) is 25.2 Å². The molecule has 0 spiro atoms. The number of benzene rings is 2. The Bertz CT molecular complexity index is 789. The Morgan fingerprint density at radius 2 is 1.85 bits per heavy atom. The van der Waals surface area contributed by atoms with Gasteiger partial charge in [0.25, 0.3) is 0 Å². The Morgan fingerprint density at radius 3 is 2.54 bits per heavy atom. The van der Waals surface area contributed by atoms with Gasteiger partial charge in [0, 0.05) is 31.3 Å². The maximum absolute atomic E-state index is 12.4. The van der Waals surface area contributed by atoms with Crippen molar-refractivity contribution >= 4 is 17.5 Å². The molecule has 1 N–H and O–H groups in total. The third-order valence-electron chi connectivity index (χ3n) is 4.49. The molecule has 0 unspecified atom stereocenters. The van der Waals surface area contributed by atoms with Crippen LogP contribution in [-0.2, 0) is 16.1 Å². The Hall–Kier alpha value is -3.02. The van der Waals surface area contributed by atoms with Crippen LogP contribution in [0.2, 0.25) is 0 Å². The molecule has 0 bridgehead atoms. The van der Waals surface area contributed by atoms with E-state index in [1.807, 2.05) is 42.5 Å². The number of hydrogen-bond donors (Lipinski definition) is 1. The summed E-state index contributed by atoms with van der Waals surface area (Å²) in [6.07, 6.45) is 0.214. The summed E-state index contributed by atoms with van der Waals surface area (Å²) in [5, 5.41) is 2.91. The van der Waals surface area contributed by atoms with Crippen molar-refractivity contribution in [2.75, 3.05) is 25.7 Å². The summed E-state index contributed by atoms with van der Waals surface area (Å²) >= 11 is 0. The van der Waals surface area contributed by atoms with E-state index in [0.29, 0.717) is 18.8 Å². The highest BCUT2D eigenvalue weighted by Gasteiger charge is 2.35. The highest BCUT2D eigenvalue weighted by Crippen LogP contribution is 2.28. The summed E-state index contributed by atoms with van der Waals surface area (Å²) in [4.78, 5) is 26.4. The number of methoxy groups -OCH3 is 2. The lowest BCUT2D eigenvalue weighted by Crippen LogP contribution is -2.32. The predicted octanol–water partition coefficient (Wildman–Crippen LogP) is 2.37. The summed E-state index contributed by atoms with van der Waals surface area (Å²) in [7, 11) is 3.20. The van der Waals surface area contributed by atoms with Crippen LogP contribution < -0.4 is 19.7 Å². The maximum Gasteiger partial charge on any atom is 0.227 e. The third-order valence-corrected chi connectivity index (χ3v) is 4.49. The minimum atomic E-state index is -0.355. The average Bonchev–Trinajstić information content (AvgIpc) is 3.08. The van der Waals surface area contributed by atoms with Gasteiger partial charge >= 0.3 is 0 Å². The van der Waals surface area contributed by atoms with E-state index >= 15 is 0 Å². The van der Waals surface area contributed by atoms with Crippen molar-refractivity contribution in [2.24, 2.45) is 5.92 Å². The smallest absolute Gasteiger partial charge is 0.227 e. The second-order valence-corrected chi connectivity index (χ2v) is 6.17. The van der Waals surface area contributed by atoms with Gasteiger partial charge in [-0.3, -0.25) is 9.59 Å². The number of rotatable bonds is 6. The Labute approximate surface area is 152 Å². The fraction of sp³-hybridized carbons (Fsp3) is 0.300. The summed E-state index contributed by atoms with van der Waals surface area (Å²) < 4.78 is 10.3. The molecule has 0 aliphatic carbocycles. The number of carbonyl (C=O) groups excluding carboxylic acids is 2. The first-order valence-electron chi connectivity index (χ1n) is 8.46. The number of nitrogens with one attached hydrogen (secondary N) is 1. The monoisotopic (exact) mass is 354 g/mol. The molecule has 2 aromatic carbocycles. The molecule has 0 radical (unpaired) electrons. The lowest BCUT2D eigenvalue weighted by molar-refractivity contribution is -0.126. The molecule has 26 heavy (non-hydrogen) atoms. The Morgan fingerprint density at radius 1 is 1.12 bits per heavy atom. The Balaban J connectivity index is 1.59. The van der Waals surface area contributed by atoms with Crippen LogP contribution in [0.5, 0.6) is 11.5 Å². The first-order valence-corrected chi connectivity index (χ1v) is 8.46. The van der Waals surface area contributed by atoms with E-state index in [9.17, 15) is 9.59 Å². The molecule has 1 saturated heterocycles. The zero-order valence-corrected chi connectivity index (χ0v) is 14.9. The van der Waals surface area contributed by atoms with Crippen molar-refractivity contribution in [3.63, 3.8) is 0 Å². The third kappa shape index (κ3) is 3.96. The molecule has 1 aliphatic rings. The van der Waals surface area contributed by atoms with Crippen molar-refractivity contribution in [2.45, 2.75) is 13.0 Å². The van der Waals surface area contributed by atoms with Crippen LogP contribution in [0.4, 0.5) is 5.69 Å². The van der Waals surface area contributed by atoms with Gasteiger partial charge in [0.05, 0.1) is 20.1 Å². The van der Waals surface area contributed by atoms with Gasteiger partial charge in [-0.25, -0.2) is 0 Å². The summed E-state index contributed by atoms with van der Waals surface area (Å²) in [6.45, 7) is 0.799. The van der Waals surface area contributed by atoms with E-state index in [0.717, 1.165) is 17.0 Å². The maximum atomic E-state index is 12.4. The van der Waals surface area contributed by atoms with Crippen molar-refractivity contribution in [3.8, 4) is 11.5 Å². The fourth-order valence-electron chi connectivity index (χ4n) is 2.99. The number of hydrogen-bond acceptors (Lipinski definition) is 4. The summed E-state index contributed by atoms with van der Waals surface area (Å²) in [6, 6.07) is 14.8. The average molecular weight is 354 g/mol. The highest BCUT2D eigenvalue weighted by atomic mass is 16.5. The van der Waals surface area contributed by atoms with Gasteiger partial charge in [0.15, 0.2) is 0 Å². The lowest BCUT2D eigenvalue weighted by Gasteiger charge is -2.17. The van der Waals surface area contributed by atoms with Crippen molar-refractivity contribution in [3.05, 3.63) is 54.1 Å². The first-order chi connectivity index (χ1) is 12.6. The van der Waals surface area contributed by atoms with E-state index in [4.69, 9.17) is 9.47 Å². The number of anilines is 1. The molecule has 6 nitrogen and oxygen atoms in total. The van der Waals surface area contributed by atoms with Gasteiger partial charge in [0.2, 0.25) is 11.8 Å². The van der Waals surface area contributed by atoms with Gasteiger partial charge in [-0.05, 0) is 29.8 Å². The Kier molecular flexibility index (Phi) is 5.41. The van der Waals surface area contributed by atoms with E-state index < -0.39 is 0 Å². The van der Waals surface area contributed by atoms with Crippen LogP contribution in [-0.4, -0.2) is 32.6 Å². The molecule has 3 rings (SSSR count). The van der Waals surface area contributed by atoms with Gasteiger partial charge in [-0.15, -0.1) is 0 Å². The molecular formula is C20H22N2O4. The normalized spacial score (nSPS) is 16.5. The molecule has 2 amide bonds. The van der Waals surface area contributed by atoms with Crippen molar-refractivity contribution in [1.29, 1.82) is 0 Å². The molecule has 136 valence electrons. The first kappa shape index (κ1) is 17.8. The fourth-order valence-corrected chi connectivity index (χ4v) is 2.99. The zero-order valence-electron chi connectivity index (χ0n) is 14.9. The number of carbonyl (C=O) groups is 2. The summed E-state index contributed by atoms with van der Waals surface area (Å²) in [5.41, 5.74) is 1.73. The minimum Gasteiger partial charge on any atom is -0.497 e. The molecule has 2 aromatic rings. The molecule has 1 aliphatic heterocycles. The van der Waals surface area contributed by atoms with Crippen LogP contribution >= 0.6 is 0 Å². The van der Waals surface area contributed by atoms with E-state index in [2.05, 4.69) is 5.32 Å². The molecular weight excluding hydrogens is 332 g/mol. The van der Waals surface area contributed by atoms with Crippen LogP contribution in [0.15, 0.2) is 48.5 Å². The second-order valence-electron chi connectivity index (χ2n) is 6.17.